The lowest BCUT2D eigenvalue weighted by atomic mass is 10.0. The molecule has 3 aromatic rings. The molecule has 4 unspecified atom stereocenters. The first-order chi connectivity index (χ1) is 14.1. The van der Waals surface area contributed by atoms with E-state index in [9.17, 15) is 5.11 Å². The highest BCUT2D eigenvalue weighted by molar-refractivity contribution is 7.16. The highest BCUT2D eigenvalue weighted by Gasteiger charge is 2.41. The van der Waals surface area contributed by atoms with Crippen molar-refractivity contribution < 1.29 is 14.6 Å². The summed E-state index contributed by atoms with van der Waals surface area (Å²) in [5.74, 6) is 0.140. The Bertz CT molecular complexity index is 1020. The lowest BCUT2D eigenvalue weighted by Crippen LogP contribution is -2.44. The molecule has 0 radical (unpaired) electrons. The summed E-state index contributed by atoms with van der Waals surface area (Å²) < 4.78 is 13.4. The number of phenols is 1. The standard InChI is InChI=1S/C20H23N5O3S/c1-11-5-6-25(24-11)13-3-4-15(17(26)9-13)19-22-23-20(29-19)28-14-7-12-8-18(27-2)16(10-14)21-12/h3-6,9,12,14,16,18,21,26H,7-8,10H2,1-2H3. The van der Waals surface area contributed by atoms with Crippen LogP contribution in [0.25, 0.3) is 16.3 Å². The molecule has 29 heavy (non-hydrogen) atoms. The third-order valence-electron chi connectivity index (χ3n) is 5.65. The van der Waals surface area contributed by atoms with Crippen molar-refractivity contribution in [3.05, 3.63) is 36.2 Å². The Morgan fingerprint density at radius 1 is 1.21 bits per heavy atom. The van der Waals surface area contributed by atoms with E-state index in [0.717, 1.165) is 30.6 Å². The summed E-state index contributed by atoms with van der Waals surface area (Å²) in [7, 11) is 1.77. The third-order valence-corrected chi connectivity index (χ3v) is 6.50. The number of nitrogens with one attached hydrogen (secondary N) is 1. The zero-order chi connectivity index (χ0) is 20.0. The van der Waals surface area contributed by atoms with Crippen LogP contribution in [0.4, 0.5) is 0 Å². The summed E-state index contributed by atoms with van der Waals surface area (Å²) >= 11 is 1.35. The van der Waals surface area contributed by atoms with E-state index in [0.29, 0.717) is 27.8 Å². The second-order valence-corrected chi connectivity index (χ2v) is 8.61. The first kappa shape index (κ1) is 18.5. The fourth-order valence-corrected chi connectivity index (χ4v) is 5.07. The van der Waals surface area contributed by atoms with Gasteiger partial charge in [0.2, 0.25) is 0 Å². The highest BCUT2D eigenvalue weighted by atomic mass is 32.1. The van der Waals surface area contributed by atoms with Crippen molar-refractivity contribution in [1.29, 1.82) is 0 Å². The summed E-state index contributed by atoms with van der Waals surface area (Å²) in [6, 6.07) is 8.09. The van der Waals surface area contributed by atoms with Gasteiger partial charge in [-0.25, -0.2) is 4.68 Å². The SMILES string of the molecule is COC1CC2CC(Oc3nnc(-c4ccc(-n5ccc(C)n5)cc4O)s3)CC1N2. The molecule has 2 bridgehead atoms. The van der Waals surface area contributed by atoms with Crippen LogP contribution in [0, 0.1) is 6.92 Å². The van der Waals surface area contributed by atoms with Crippen LogP contribution in [0.3, 0.4) is 0 Å². The number of piperidine rings is 1. The van der Waals surface area contributed by atoms with Gasteiger partial charge < -0.3 is 19.9 Å². The van der Waals surface area contributed by atoms with E-state index in [1.807, 2.05) is 31.3 Å². The number of hydrogen-bond acceptors (Lipinski definition) is 8. The molecule has 0 saturated carbocycles. The van der Waals surface area contributed by atoms with Gasteiger partial charge in [0.25, 0.3) is 5.19 Å². The average Bonchev–Trinajstić information content (AvgIpc) is 3.41. The highest BCUT2D eigenvalue weighted by Crippen LogP contribution is 2.37. The molecule has 0 amide bonds. The van der Waals surface area contributed by atoms with Gasteiger partial charge in [-0.1, -0.05) is 16.4 Å². The van der Waals surface area contributed by atoms with Crippen molar-refractivity contribution in [3.8, 4) is 27.2 Å². The second-order valence-electron chi connectivity index (χ2n) is 7.67. The Balaban J connectivity index is 1.30. The maximum Gasteiger partial charge on any atom is 0.294 e. The lowest BCUT2D eigenvalue weighted by Gasteiger charge is -2.29. The van der Waals surface area contributed by atoms with Gasteiger partial charge in [0.1, 0.15) is 11.9 Å². The summed E-state index contributed by atoms with van der Waals surface area (Å²) in [6.07, 6.45) is 5.08. The van der Waals surface area contributed by atoms with Crippen LogP contribution in [-0.4, -0.2) is 56.5 Å². The zero-order valence-electron chi connectivity index (χ0n) is 16.3. The topological polar surface area (TPSA) is 94.3 Å². The number of hydrogen-bond donors (Lipinski definition) is 2. The molecule has 0 aliphatic carbocycles. The van der Waals surface area contributed by atoms with Gasteiger partial charge in [0.15, 0.2) is 5.01 Å². The number of aromatic nitrogens is 4. The van der Waals surface area contributed by atoms with Crippen molar-refractivity contribution in [2.75, 3.05) is 7.11 Å². The average molecular weight is 414 g/mol. The summed E-state index contributed by atoms with van der Waals surface area (Å²) in [5, 5.41) is 28.0. The van der Waals surface area contributed by atoms with E-state index in [1.165, 1.54) is 11.3 Å². The van der Waals surface area contributed by atoms with Crippen molar-refractivity contribution in [2.45, 2.75) is 50.5 Å². The first-order valence-electron chi connectivity index (χ1n) is 9.74. The van der Waals surface area contributed by atoms with Crippen molar-refractivity contribution >= 4 is 11.3 Å². The fraction of sp³-hybridized carbons (Fsp3) is 0.450. The van der Waals surface area contributed by atoms with Crippen LogP contribution >= 0.6 is 11.3 Å². The smallest absolute Gasteiger partial charge is 0.294 e. The minimum absolute atomic E-state index is 0.103. The van der Waals surface area contributed by atoms with Gasteiger partial charge in [-0.2, -0.15) is 5.10 Å². The molecule has 2 aliphatic rings. The minimum Gasteiger partial charge on any atom is -0.507 e. The summed E-state index contributed by atoms with van der Waals surface area (Å²) in [5.41, 5.74) is 2.34. The van der Waals surface area contributed by atoms with Gasteiger partial charge in [0.05, 0.1) is 23.0 Å². The van der Waals surface area contributed by atoms with Crippen LogP contribution in [0.1, 0.15) is 25.0 Å². The number of methoxy groups -OCH3 is 1. The molecule has 2 aliphatic heterocycles. The number of ether oxygens (including phenoxy) is 2. The van der Waals surface area contributed by atoms with Gasteiger partial charge in [0, 0.05) is 37.9 Å². The maximum atomic E-state index is 10.5. The molecule has 152 valence electrons. The van der Waals surface area contributed by atoms with E-state index >= 15 is 0 Å². The number of aryl methyl sites for hydroxylation is 1. The largest absolute Gasteiger partial charge is 0.507 e. The van der Waals surface area contributed by atoms with Crippen molar-refractivity contribution in [3.63, 3.8) is 0 Å². The Morgan fingerprint density at radius 3 is 2.86 bits per heavy atom. The Kier molecular flexibility index (Phi) is 4.73. The quantitative estimate of drug-likeness (QED) is 0.664. The van der Waals surface area contributed by atoms with Crippen LogP contribution in [0.5, 0.6) is 10.9 Å². The molecule has 1 aromatic carbocycles. The molecule has 2 aromatic heterocycles. The van der Waals surface area contributed by atoms with E-state index < -0.39 is 0 Å². The number of nitrogens with zero attached hydrogens (tertiary/aromatic N) is 4. The van der Waals surface area contributed by atoms with Gasteiger partial charge in [-0.05, 0) is 38.0 Å². The fourth-order valence-electron chi connectivity index (χ4n) is 4.27. The maximum absolute atomic E-state index is 10.5. The number of aromatic hydroxyl groups is 1. The van der Waals surface area contributed by atoms with Gasteiger partial charge in [-0.3, -0.25) is 0 Å². The van der Waals surface area contributed by atoms with E-state index in [2.05, 4.69) is 20.6 Å². The lowest BCUT2D eigenvalue weighted by molar-refractivity contribution is 0.0728. The van der Waals surface area contributed by atoms with Crippen LogP contribution < -0.4 is 10.1 Å². The van der Waals surface area contributed by atoms with Crippen LogP contribution in [0.15, 0.2) is 30.5 Å². The monoisotopic (exact) mass is 413 g/mol. The molecule has 5 rings (SSSR count). The third kappa shape index (κ3) is 3.61. The van der Waals surface area contributed by atoms with Crippen molar-refractivity contribution in [2.24, 2.45) is 0 Å². The van der Waals surface area contributed by atoms with E-state index in [1.54, 1.807) is 17.9 Å². The molecule has 0 spiro atoms. The van der Waals surface area contributed by atoms with E-state index in [-0.39, 0.29) is 18.0 Å². The molecular formula is C20H23N5O3S. The predicted molar refractivity (Wildman–Crippen MR) is 109 cm³/mol. The Labute approximate surface area is 172 Å². The van der Waals surface area contributed by atoms with Crippen LogP contribution in [0.2, 0.25) is 0 Å². The Morgan fingerprint density at radius 2 is 2.10 bits per heavy atom. The molecule has 8 nitrogen and oxygen atoms in total. The van der Waals surface area contributed by atoms with Crippen LogP contribution in [-0.2, 0) is 4.74 Å². The summed E-state index contributed by atoms with van der Waals surface area (Å²) in [4.78, 5) is 0. The van der Waals surface area contributed by atoms with Gasteiger partial charge in [-0.15, -0.1) is 5.10 Å². The molecule has 4 heterocycles. The Hall–Kier alpha value is -2.49. The predicted octanol–water partition coefficient (Wildman–Crippen LogP) is 2.69. The number of benzene rings is 1. The number of fused-ring (bicyclic) bond motifs is 2. The number of rotatable bonds is 5. The molecule has 9 heteroatoms. The first-order valence-corrected chi connectivity index (χ1v) is 10.6. The van der Waals surface area contributed by atoms with Gasteiger partial charge >= 0.3 is 0 Å². The van der Waals surface area contributed by atoms with E-state index in [4.69, 9.17) is 9.47 Å². The molecular weight excluding hydrogens is 390 g/mol. The number of phenolic OH excluding ortho intramolecular Hbond substituents is 1. The second kappa shape index (κ2) is 7.40. The molecule has 4 atom stereocenters. The zero-order valence-corrected chi connectivity index (χ0v) is 17.1. The minimum atomic E-state index is 0.103. The van der Waals surface area contributed by atoms with Crippen molar-refractivity contribution in [1.82, 2.24) is 25.3 Å². The molecule has 2 fully saturated rings. The molecule has 2 N–H and O–H groups in total. The summed E-state index contributed by atoms with van der Waals surface area (Å²) in [6.45, 7) is 1.93. The molecule has 2 saturated heterocycles. The normalized spacial score (nSPS) is 26.0.